The second kappa shape index (κ2) is 5.58. The van der Waals surface area contributed by atoms with Crippen molar-refractivity contribution in [2.45, 2.75) is 20.8 Å². The molecule has 0 fully saturated rings. The number of hydrogen-bond donors (Lipinski definition) is 0. The predicted molar refractivity (Wildman–Crippen MR) is 59.1 cm³/mol. The summed E-state index contributed by atoms with van der Waals surface area (Å²) in [6.07, 6.45) is 3.04. The molecular weight excluding hydrogens is 195 g/mol. The van der Waals surface area contributed by atoms with Crippen LogP contribution in [0.3, 0.4) is 0 Å². The van der Waals surface area contributed by atoms with Gasteiger partial charge < -0.3 is 4.52 Å². The van der Waals surface area contributed by atoms with E-state index in [4.69, 9.17) is 16.3 Å². The van der Waals surface area contributed by atoms with Gasteiger partial charge in [0.05, 0.1) is 6.61 Å². The highest BCUT2D eigenvalue weighted by atomic mass is 32.9. The quantitative estimate of drug-likeness (QED) is 0.647. The second-order valence-corrected chi connectivity index (χ2v) is 10.6. The summed E-state index contributed by atoms with van der Waals surface area (Å²) < 4.78 is 5.68. The smallest absolute Gasteiger partial charge is 0.119 e. The first kappa shape index (κ1) is 12.0. The van der Waals surface area contributed by atoms with Gasteiger partial charge in [0.25, 0.3) is 0 Å². The Morgan fingerprint density at radius 1 is 1.55 bits per heavy atom. The standard InChI is InChI=1S/C7H17OPS2/c1-5-9(10,11-4)8-6-7(2)3/h7H,5-6H2,1-4H3. The first-order valence-corrected chi connectivity index (χ1v) is 8.57. The highest BCUT2D eigenvalue weighted by Crippen LogP contribution is 2.58. The second-order valence-electron chi connectivity index (χ2n) is 2.80. The van der Waals surface area contributed by atoms with E-state index in [9.17, 15) is 0 Å². The van der Waals surface area contributed by atoms with Crippen LogP contribution in [0.15, 0.2) is 0 Å². The van der Waals surface area contributed by atoms with E-state index in [0.29, 0.717) is 5.92 Å². The average molecular weight is 212 g/mol. The Kier molecular flexibility index (Phi) is 6.07. The topological polar surface area (TPSA) is 9.23 Å². The van der Waals surface area contributed by atoms with Gasteiger partial charge in [-0.05, 0) is 12.2 Å². The van der Waals surface area contributed by atoms with Crippen molar-refractivity contribution in [2.75, 3.05) is 19.0 Å². The molecule has 1 unspecified atom stereocenters. The molecule has 1 nitrogen and oxygen atoms in total. The summed E-state index contributed by atoms with van der Waals surface area (Å²) in [5.74, 6) is 0.594. The predicted octanol–water partition coefficient (Wildman–Crippen LogP) is 3.35. The average Bonchev–Trinajstić information content (AvgIpc) is 2.00. The van der Waals surface area contributed by atoms with Crippen LogP contribution >= 0.6 is 16.8 Å². The summed E-state index contributed by atoms with van der Waals surface area (Å²) in [4.78, 5) is 0. The molecule has 0 heterocycles. The Balaban J connectivity index is 3.79. The molecule has 0 rings (SSSR count). The highest BCUT2D eigenvalue weighted by molar-refractivity contribution is 8.69. The van der Waals surface area contributed by atoms with E-state index in [0.717, 1.165) is 12.8 Å². The van der Waals surface area contributed by atoms with Gasteiger partial charge in [-0.2, -0.15) is 0 Å². The minimum Gasteiger partial charge on any atom is -0.341 e. The summed E-state index contributed by atoms with van der Waals surface area (Å²) in [7, 11) is 0. The van der Waals surface area contributed by atoms with Gasteiger partial charge in [-0.1, -0.05) is 32.6 Å². The Bertz CT molecular complexity index is 139. The van der Waals surface area contributed by atoms with Crippen molar-refractivity contribution in [3.8, 4) is 0 Å². The van der Waals surface area contributed by atoms with Crippen LogP contribution in [0.4, 0.5) is 0 Å². The van der Waals surface area contributed by atoms with E-state index in [1.807, 2.05) is 6.26 Å². The lowest BCUT2D eigenvalue weighted by Gasteiger charge is -2.19. The zero-order chi connectivity index (χ0) is 8.91. The lowest BCUT2D eigenvalue weighted by atomic mass is 10.2. The molecule has 0 aliphatic carbocycles. The summed E-state index contributed by atoms with van der Waals surface area (Å²) >= 11 is 7.09. The van der Waals surface area contributed by atoms with Crippen molar-refractivity contribution < 1.29 is 4.52 Å². The highest BCUT2D eigenvalue weighted by Gasteiger charge is 2.13. The van der Waals surface area contributed by atoms with E-state index in [1.54, 1.807) is 11.4 Å². The molecule has 0 aromatic heterocycles. The summed E-state index contributed by atoms with van der Waals surface area (Å²) in [5, 5.41) is 0. The zero-order valence-electron chi connectivity index (χ0n) is 7.66. The molecule has 0 aliphatic rings. The molecule has 0 amide bonds. The van der Waals surface area contributed by atoms with Gasteiger partial charge in [0.15, 0.2) is 0 Å². The molecule has 0 N–H and O–H groups in total. The largest absolute Gasteiger partial charge is 0.341 e. The van der Waals surface area contributed by atoms with Crippen LogP contribution in [-0.4, -0.2) is 19.0 Å². The van der Waals surface area contributed by atoms with Gasteiger partial charge in [0.2, 0.25) is 0 Å². The molecule has 0 aromatic carbocycles. The minimum atomic E-state index is -1.49. The SMILES string of the molecule is CCP(=S)(OCC(C)C)SC. The molecule has 0 radical (unpaired) electrons. The summed E-state index contributed by atoms with van der Waals surface area (Å²) in [6, 6.07) is 0. The van der Waals surface area contributed by atoms with E-state index in [1.165, 1.54) is 0 Å². The molecule has 0 bridgehead atoms. The molecule has 68 valence electrons. The Labute approximate surface area is 79.1 Å². The molecule has 0 saturated carbocycles. The Hall–Kier alpha value is 0.960. The third-order valence-corrected chi connectivity index (χ3v) is 8.34. The zero-order valence-corrected chi connectivity index (χ0v) is 10.2. The van der Waals surface area contributed by atoms with Crippen LogP contribution in [0, 0.1) is 5.92 Å². The maximum Gasteiger partial charge on any atom is 0.119 e. The van der Waals surface area contributed by atoms with E-state index in [-0.39, 0.29) is 0 Å². The maximum atomic E-state index is 5.68. The molecule has 11 heavy (non-hydrogen) atoms. The van der Waals surface area contributed by atoms with Gasteiger partial charge in [0.1, 0.15) is 5.47 Å². The number of rotatable bonds is 5. The van der Waals surface area contributed by atoms with Gasteiger partial charge in [-0.25, -0.2) is 0 Å². The Morgan fingerprint density at radius 2 is 2.09 bits per heavy atom. The van der Waals surface area contributed by atoms with E-state index >= 15 is 0 Å². The maximum absolute atomic E-state index is 5.68. The van der Waals surface area contributed by atoms with Crippen molar-refractivity contribution in [2.24, 2.45) is 5.92 Å². The fourth-order valence-electron chi connectivity index (χ4n) is 0.536. The van der Waals surface area contributed by atoms with Crippen molar-refractivity contribution in [3.63, 3.8) is 0 Å². The molecule has 4 heteroatoms. The van der Waals surface area contributed by atoms with E-state index in [2.05, 4.69) is 20.8 Å². The fraction of sp³-hybridized carbons (Fsp3) is 1.00. The van der Waals surface area contributed by atoms with Crippen LogP contribution in [0.5, 0.6) is 0 Å². The van der Waals surface area contributed by atoms with Crippen LogP contribution in [0.25, 0.3) is 0 Å². The summed E-state index contributed by atoms with van der Waals surface area (Å²) in [6.45, 7) is 7.22. The van der Waals surface area contributed by atoms with Gasteiger partial charge in [-0.3, -0.25) is 0 Å². The summed E-state index contributed by atoms with van der Waals surface area (Å²) in [5.41, 5.74) is -1.49. The van der Waals surface area contributed by atoms with Gasteiger partial charge in [-0.15, -0.1) is 11.4 Å². The minimum absolute atomic E-state index is 0.594. The Morgan fingerprint density at radius 3 is 2.36 bits per heavy atom. The van der Waals surface area contributed by atoms with Crippen LogP contribution in [0.1, 0.15) is 20.8 Å². The molecular formula is C7H17OPS2. The number of hydrogen-bond acceptors (Lipinski definition) is 3. The van der Waals surface area contributed by atoms with Crippen molar-refractivity contribution in [1.29, 1.82) is 0 Å². The molecule has 0 aliphatic heterocycles. The third kappa shape index (κ3) is 5.24. The van der Waals surface area contributed by atoms with Crippen LogP contribution < -0.4 is 0 Å². The van der Waals surface area contributed by atoms with Gasteiger partial charge in [0, 0.05) is 6.16 Å². The molecule has 0 spiro atoms. The van der Waals surface area contributed by atoms with Gasteiger partial charge >= 0.3 is 0 Å². The van der Waals surface area contributed by atoms with Crippen molar-refractivity contribution >= 4 is 28.7 Å². The molecule has 1 atom stereocenters. The first-order chi connectivity index (χ1) is 5.04. The van der Waals surface area contributed by atoms with Crippen LogP contribution in [-0.2, 0) is 16.3 Å². The molecule has 0 saturated heterocycles. The molecule has 0 aromatic rings. The lowest BCUT2D eigenvalue weighted by Crippen LogP contribution is -1.99. The fourth-order valence-corrected chi connectivity index (χ4v) is 3.06. The van der Waals surface area contributed by atoms with E-state index < -0.39 is 5.47 Å². The van der Waals surface area contributed by atoms with Crippen molar-refractivity contribution in [1.82, 2.24) is 0 Å². The third-order valence-electron chi connectivity index (χ3n) is 1.27. The lowest BCUT2D eigenvalue weighted by molar-refractivity contribution is 0.303. The normalized spacial score (nSPS) is 16.8. The van der Waals surface area contributed by atoms with Crippen molar-refractivity contribution in [3.05, 3.63) is 0 Å². The van der Waals surface area contributed by atoms with Crippen LogP contribution in [0.2, 0.25) is 0 Å². The monoisotopic (exact) mass is 212 g/mol. The first-order valence-electron chi connectivity index (χ1n) is 3.83.